The van der Waals surface area contributed by atoms with Crippen molar-refractivity contribution in [2.24, 2.45) is 5.73 Å². The van der Waals surface area contributed by atoms with Gasteiger partial charge in [-0.1, -0.05) is 12.8 Å². The molecule has 0 aromatic rings. The molecule has 0 saturated heterocycles. The van der Waals surface area contributed by atoms with Crippen LogP contribution in [0.3, 0.4) is 0 Å². The molecule has 86 valence electrons. The van der Waals surface area contributed by atoms with Crippen molar-refractivity contribution >= 4 is 5.91 Å². The summed E-state index contributed by atoms with van der Waals surface area (Å²) in [5.41, 5.74) is 4.92. The van der Waals surface area contributed by atoms with Gasteiger partial charge in [-0.2, -0.15) is 0 Å². The zero-order chi connectivity index (χ0) is 10.9. The van der Waals surface area contributed by atoms with E-state index in [2.05, 4.69) is 5.32 Å². The van der Waals surface area contributed by atoms with Gasteiger partial charge < -0.3 is 16.2 Å². The van der Waals surface area contributed by atoms with E-state index < -0.39 is 5.54 Å². The second-order valence-corrected chi connectivity index (χ2v) is 5.11. The Balaban J connectivity index is 1.97. The smallest absolute Gasteiger partial charge is 0.240 e. The summed E-state index contributed by atoms with van der Waals surface area (Å²) in [5, 5.41) is 12.3. The van der Waals surface area contributed by atoms with Crippen LogP contribution in [-0.4, -0.2) is 28.7 Å². The molecule has 2 aliphatic rings. The van der Waals surface area contributed by atoms with Gasteiger partial charge in [-0.15, -0.1) is 0 Å². The molecule has 2 saturated carbocycles. The summed E-state index contributed by atoms with van der Waals surface area (Å²) in [5.74, 6) is -0.0651. The van der Waals surface area contributed by atoms with Gasteiger partial charge in [-0.05, 0) is 32.1 Å². The van der Waals surface area contributed by atoms with E-state index in [1.165, 1.54) is 0 Å². The number of carbonyl (C=O) groups is 1. The summed E-state index contributed by atoms with van der Waals surface area (Å²) >= 11 is 0. The molecule has 4 heteroatoms. The number of carbonyl (C=O) groups excluding carboxylic acids is 1. The summed E-state index contributed by atoms with van der Waals surface area (Å²) in [7, 11) is 0. The minimum atomic E-state index is -0.648. The summed E-state index contributed by atoms with van der Waals surface area (Å²) in [4.78, 5) is 11.9. The molecule has 4 nitrogen and oxygen atoms in total. The van der Waals surface area contributed by atoms with E-state index in [0.717, 1.165) is 44.9 Å². The normalized spacial score (nSPS) is 27.1. The van der Waals surface area contributed by atoms with E-state index in [-0.39, 0.29) is 18.1 Å². The van der Waals surface area contributed by atoms with E-state index in [1.54, 1.807) is 0 Å². The third-order valence-corrected chi connectivity index (χ3v) is 3.94. The number of nitrogens with one attached hydrogen (secondary N) is 1. The number of rotatable bonds is 3. The largest absolute Gasteiger partial charge is 0.394 e. The third-order valence-electron chi connectivity index (χ3n) is 3.94. The molecule has 2 aliphatic carbocycles. The molecule has 0 aliphatic heterocycles. The van der Waals surface area contributed by atoms with Crippen molar-refractivity contribution in [2.45, 2.75) is 56.0 Å². The predicted molar refractivity (Wildman–Crippen MR) is 57.2 cm³/mol. The first kappa shape index (κ1) is 10.9. The number of hydrogen-bond acceptors (Lipinski definition) is 3. The molecule has 1 amide bonds. The molecule has 0 aromatic carbocycles. The highest BCUT2D eigenvalue weighted by Crippen LogP contribution is 2.33. The predicted octanol–water partition coefficient (Wildman–Crippen LogP) is 0.289. The van der Waals surface area contributed by atoms with Crippen LogP contribution in [-0.2, 0) is 4.79 Å². The van der Waals surface area contributed by atoms with Crippen LogP contribution in [0.4, 0.5) is 0 Å². The summed E-state index contributed by atoms with van der Waals surface area (Å²) < 4.78 is 0. The lowest BCUT2D eigenvalue weighted by Crippen LogP contribution is -2.63. The second-order valence-electron chi connectivity index (χ2n) is 5.11. The van der Waals surface area contributed by atoms with Gasteiger partial charge in [-0.3, -0.25) is 4.79 Å². The van der Waals surface area contributed by atoms with Crippen LogP contribution in [0.15, 0.2) is 0 Å². The molecule has 0 unspecified atom stereocenters. The van der Waals surface area contributed by atoms with Gasteiger partial charge in [-0.25, -0.2) is 0 Å². The molecule has 0 heterocycles. The molecule has 0 aromatic heterocycles. The minimum absolute atomic E-state index is 0.0365. The average molecular weight is 212 g/mol. The van der Waals surface area contributed by atoms with Crippen molar-refractivity contribution in [3.63, 3.8) is 0 Å². The minimum Gasteiger partial charge on any atom is -0.394 e. The van der Waals surface area contributed by atoms with Crippen LogP contribution in [0.2, 0.25) is 0 Å². The van der Waals surface area contributed by atoms with Gasteiger partial charge in [0.15, 0.2) is 0 Å². The lowest BCUT2D eigenvalue weighted by molar-refractivity contribution is -0.131. The van der Waals surface area contributed by atoms with Gasteiger partial charge in [0, 0.05) is 0 Å². The molecule has 0 spiro atoms. The first-order valence-electron chi connectivity index (χ1n) is 5.83. The van der Waals surface area contributed by atoms with E-state index in [0.29, 0.717) is 0 Å². The lowest BCUT2D eigenvalue weighted by atomic mass is 9.76. The van der Waals surface area contributed by atoms with E-state index in [4.69, 9.17) is 5.73 Å². The van der Waals surface area contributed by atoms with Crippen molar-refractivity contribution in [3.8, 4) is 0 Å². The topological polar surface area (TPSA) is 75.4 Å². The third kappa shape index (κ3) is 1.88. The van der Waals surface area contributed by atoms with Gasteiger partial charge >= 0.3 is 0 Å². The van der Waals surface area contributed by atoms with Crippen molar-refractivity contribution < 1.29 is 9.90 Å². The summed E-state index contributed by atoms with van der Waals surface area (Å²) in [6, 6.07) is 0. The van der Waals surface area contributed by atoms with Crippen molar-refractivity contribution in [3.05, 3.63) is 0 Å². The Morgan fingerprint density at radius 3 is 2.20 bits per heavy atom. The van der Waals surface area contributed by atoms with E-state index >= 15 is 0 Å². The van der Waals surface area contributed by atoms with E-state index in [9.17, 15) is 9.90 Å². The van der Waals surface area contributed by atoms with Crippen molar-refractivity contribution in [1.29, 1.82) is 0 Å². The van der Waals surface area contributed by atoms with Gasteiger partial charge in [0.2, 0.25) is 5.91 Å². The first-order chi connectivity index (χ1) is 7.10. The fourth-order valence-corrected chi connectivity index (χ4v) is 2.52. The molecule has 2 rings (SSSR count). The Morgan fingerprint density at radius 1 is 1.20 bits per heavy atom. The number of nitrogens with two attached hydrogens (primary N) is 1. The fourth-order valence-electron chi connectivity index (χ4n) is 2.52. The SMILES string of the molecule is NC1(C(=O)NC2(CO)CCCC2)CCC1. The Labute approximate surface area is 90.2 Å². The molecular weight excluding hydrogens is 192 g/mol. The number of aliphatic hydroxyl groups is 1. The molecule has 0 radical (unpaired) electrons. The maximum atomic E-state index is 11.9. The highest BCUT2D eigenvalue weighted by atomic mass is 16.3. The molecule has 4 N–H and O–H groups in total. The molecule has 0 bridgehead atoms. The molecule has 15 heavy (non-hydrogen) atoms. The van der Waals surface area contributed by atoms with Gasteiger partial charge in [0.25, 0.3) is 0 Å². The van der Waals surface area contributed by atoms with Gasteiger partial charge in [0.1, 0.15) is 0 Å². The van der Waals surface area contributed by atoms with Crippen LogP contribution >= 0.6 is 0 Å². The van der Waals surface area contributed by atoms with Crippen molar-refractivity contribution in [2.75, 3.05) is 6.61 Å². The zero-order valence-electron chi connectivity index (χ0n) is 9.09. The zero-order valence-corrected chi connectivity index (χ0v) is 9.09. The fraction of sp³-hybridized carbons (Fsp3) is 0.909. The highest BCUT2D eigenvalue weighted by molar-refractivity contribution is 5.87. The molecule has 0 atom stereocenters. The monoisotopic (exact) mass is 212 g/mol. The maximum Gasteiger partial charge on any atom is 0.240 e. The standard InChI is InChI=1S/C11H20N2O2/c12-11(6-3-7-11)9(15)13-10(8-14)4-1-2-5-10/h14H,1-8,12H2,(H,13,15). The molecule has 2 fully saturated rings. The Bertz CT molecular complexity index is 255. The number of amides is 1. The Morgan fingerprint density at radius 2 is 1.80 bits per heavy atom. The maximum absolute atomic E-state index is 11.9. The van der Waals surface area contributed by atoms with Crippen LogP contribution < -0.4 is 11.1 Å². The Kier molecular flexibility index (Phi) is 2.73. The van der Waals surface area contributed by atoms with Crippen LogP contribution in [0.5, 0.6) is 0 Å². The number of aliphatic hydroxyl groups excluding tert-OH is 1. The Hall–Kier alpha value is -0.610. The van der Waals surface area contributed by atoms with Crippen LogP contribution in [0.25, 0.3) is 0 Å². The average Bonchev–Trinajstić information content (AvgIpc) is 2.63. The first-order valence-corrected chi connectivity index (χ1v) is 5.83. The summed E-state index contributed by atoms with van der Waals surface area (Å²) in [6.07, 6.45) is 6.52. The van der Waals surface area contributed by atoms with Crippen LogP contribution in [0.1, 0.15) is 44.9 Å². The van der Waals surface area contributed by atoms with E-state index in [1.807, 2.05) is 0 Å². The van der Waals surface area contributed by atoms with Crippen LogP contribution in [0, 0.1) is 0 Å². The summed E-state index contributed by atoms with van der Waals surface area (Å²) in [6.45, 7) is 0.0365. The van der Waals surface area contributed by atoms with Crippen molar-refractivity contribution in [1.82, 2.24) is 5.32 Å². The van der Waals surface area contributed by atoms with Gasteiger partial charge in [0.05, 0.1) is 17.7 Å². The lowest BCUT2D eigenvalue weighted by Gasteiger charge is -2.40. The second kappa shape index (κ2) is 3.76. The quantitative estimate of drug-likeness (QED) is 0.629. The highest BCUT2D eigenvalue weighted by Gasteiger charge is 2.44. The number of hydrogen-bond donors (Lipinski definition) is 3. The molecular formula is C11H20N2O2.